The number of alkyl halides is 2. The Morgan fingerprint density at radius 3 is 2.58 bits per heavy atom. The maximum absolute atomic E-state index is 12.6. The summed E-state index contributed by atoms with van der Waals surface area (Å²) in [6.45, 7) is 7.95. The highest BCUT2D eigenvalue weighted by atomic mass is 19.1. The van der Waals surface area contributed by atoms with Gasteiger partial charge in [-0.15, -0.1) is 0 Å². The number of benzene rings is 1. The van der Waals surface area contributed by atoms with Crippen LogP contribution >= 0.6 is 0 Å². The average molecular weight is 469 g/mol. The highest BCUT2D eigenvalue weighted by molar-refractivity contribution is 5.76. The molecule has 1 unspecified atom stereocenters. The van der Waals surface area contributed by atoms with Crippen LogP contribution in [-0.2, 0) is 4.74 Å². The minimum Gasteiger partial charge on any atom is -0.447 e. The topological polar surface area (TPSA) is 70.6 Å². The summed E-state index contributed by atoms with van der Waals surface area (Å²) < 4.78 is 29.8. The van der Waals surface area contributed by atoms with Crippen molar-refractivity contribution in [2.45, 2.75) is 58.0 Å². The van der Waals surface area contributed by atoms with E-state index >= 15 is 0 Å². The van der Waals surface area contributed by atoms with Gasteiger partial charge in [0, 0.05) is 39.2 Å². The molecule has 3 heterocycles. The normalized spacial score (nSPS) is 21.8. The number of imidazole rings is 1. The van der Waals surface area contributed by atoms with Crippen LogP contribution < -0.4 is 5.69 Å². The molecule has 2 aliphatic rings. The number of likely N-dealkylation sites (tertiary alicyclic amines) is 2. The number of fused-ring (bicyclic) bond motifs is 1. The first-order valence-electron chi connectivity index (χ1n) is 11.8. The summed E-state index contributed by atoms with van der Waals surface area (Å²) in [5.74, 6) is 0. The number of carbonyl (C=O) groups is 1. The number of carbonyl (C=O) groups excluding carboxylic acids is 1. The Bertz CT molecular complexity index is 988. The summed E-state index contributed by atoms with van der Waals surface area (Å²) in [5, 5.41) is 0. The van der Waals surface area contributed by atoms with E-state index in [0.29, 0.717) is 19.5 Å². The van der Waals surface area contributed by atoms with E-state index in [1.54, 1.807) is 11.8 Å². The maximum Gasteiger partial charge on any atom is 0.409 e. The van der Waals surface area contributed by atoms with Crippen molar-refractivity contribution in [1.82, 2.24) is 19.4 Å². The lowest BCUT2D eigenvalue weighted by Crippen LogP contribution is -2.52. The number of aromatic nitrogens is 2. The largest absolute Gasteiger partial charge is 0.447 e. The molecule has 4 rings (SSSR count). The van der Waals surface area contributed by atoms with Gasteiger partial charge in [0.2, 0.25) is 0 Å². The molecule has 1 atom stereocenters. The van der Waals surface area contributed by atoms with Crippen LogP contribution in [0, 0.1) is 6.92 Å². The van der Waals surface area contributed by atoms with Gasteiger partial charge < -0.3 is 14.6 Å². The lowest BCUT2D eigenvalue weighted by atomic mass is 9.93. The van der Waals surface area contributed by atoms with Crippen LogP contribution in [-0.4, -0.2) is 77.1 Å². The summed E-state index contributed by atoms with van der Waals surface area (Å²) in [6, 6.07) is 6.25. The second kappa shape index (κ2) is 11.1. The van der Waals surface area contributed by atoms with E-state index in [2.05, 4.69) is 16.8 Å². The molecule has 0 aliphatic carbocycles. The van der Waals surface area contributed by atoms with Crippen molar-refractivity contribution in [3.63, 3.8) is 0 Å². The van der Waals surface area contributed by atoms with Gasteiger partial charge >= 0.3 is 11.8 Å². The molecule has 9 heteroatoms. The first-order valence-corrected chi connectivity index (χ1v) is 11.8. The van der Waals surface area contributed by atoms with Gasteiger partial charge in [-0.3, -0.25) is 13.9 Å². The van der Waals surface area contributed by atoms with Crippen LogP contribution in [0.3, 0.4) is 0 Å². The summed E-state index contributed by atoms with van der Waals surface area (Å²) in [6.07, 6.45) is 2.88. The number of rotatable bonds is 5. The first-order chi connectivity index (χ1) is 15.8. The molecule has 186 valence electrons. The molecule has 1 amide bonds. The van der Waals surface area contributed by atoms with E-state index in [9.17, 15) is 18.4 Å². The predicted octanol–water partition coefficient (Wildman–Crippen LogP) is 4.46. The number of hydrogen-bond acceptors (Lipinski definition) is 4. The Labute approximate surface area is 195 Å². The zero-order valence-electron chi connectivity index (χ0n) is 19.9. The number of ether oxygens (including phenoxy) is 1. The van der Waals surface area contributed by atoms with E-state index in [0.717, 1.165) is 48.9 Å². The fourth-order valence-corrected chi connectivity index (χ4v) is 4.85. The number of nitrogens with one attached hydrogen (secondary N) is 1. The number of hydrogen-bond donors (Lipinski definition) is 1. The molecule has 1 aromatic carbocycles. The summed E-state index contributed by atoms with van der Waals surface area (Å²) in [7, 11) is 0. The highest BCUT2D eigenvalue weighted by Crippen LogP contribution is 2.34. The van der Waals surface area contributed by atoms with Gasteiger partial charge in [0.15, 0.2) is 0 Å². The van der Waals surface area contributed by atoms with Gasteiger partial charge in [0.05, 0.1) is 17.7 Å². The van der Waals surface area contributed by atoms with E-state index < -0.39 is 12.8 Å². The van der Waals surface area contributed by atoms with E-state index in [1.165, 1.54) is 0 Å². The SMILES string of the molecule is CCCF.Cc1ccc2c(c1)[nH]c(=O)n2C1CCN(C2(C)CCN(C(=O)OCCF)C2)CC1.[HH]. The average Bonchev–Trinajstić information content (AvgIpc) is 3.37. The fraction of sp³-hybridized carbons (Fsp3) is 0.667. The fourth-order valence-electron chi connectivity index (χ4n) is 4.85. The monoisotopic (exact) mass is 468 g/mol. The molecule has 1 aromatic heterocycles. The number of nitrogens with zero attached hydrogens (tertiary/aromatic N) is 3. The molecule has 2 saturated heterocycles. The molecule has 0 radical (unpaired) electrons. The minimum atomic E-state index is -0.656. The van der Waals surface area contributed by atoms with Crippen molar-refractivity contribution in [1.29, 1.82) is 0 Å². The standard InChI is InChI=1S/C21H29FN4O3.C3H7F.H2/c1-15-3-4-18-17(13-15)23-19(27)26(18)16-5-9-25(10-6-16)21(2)7-11-24(14-21)20(28)29-12-8-22;1-2-3-4;/h3-4,13,16H,5-12,14H2,1-2H3,(H,23,27);2-3H2,1H3;1H. The van der Waals surface area contributed by atoms with Crippen LogP contribution in [0.4, 0.5) is 13.6 Å². The van der Waals surface area contributed by atoms with Crippen LogP contribution in [0.1, 0.15) is 52.6 Å². The van der Waals surface area contributed by atoms with Crippen LogP contribution in [0.5, 0.6) is 0 Å². The molecule has 1 N–H and O–H groups in total. The van der Waals surface area contributed by atoms with Crippen molar-refractivity contribution in [2.75, 3.05) is 46.1 Å². The van der Waals surface area contributed by atoms with E-state index in [-0.39, 0.29) is 32.0 Å². The quantitative estimate of drug-likeness (QED) is 0.704. The number of amides is 1. The Morgan fingerprint density at radius 1 is 1.24 bits per heavy atom. The highest BCUT2D eigenvalue weighted by Gasteiger charge is 2.42. The maximum atomic E-state index is 12.6. The molecule has 7 nitrogen and oxygen atoms in total. The molecule has 33 heavy (non-hydrogen) atoms. The first kappa shape index (κ1) is 25.2. The molecule has 2 aliphatic heterocycles. The minimum absolute atomic E-state index is 0. The molecular formula is C24H38F2N4O3. The third-order valence-corrected chi connectivity index (χ3v) is 6.67. The third kappa shape index (κ3) is 5.75. The molecule has 0 saturated carbocycles. The second-order valence-corrected chi connectivity index (χ2v) is 9.20. The molecule has 0 bridgehead atoms. The van der Waals surface area contributed by atoms with Gasteiger partial charge in [0.25, 0.3) is 0 Å². The summed E-state index contributed by atoms with van der Waals surface area (Å²) in [5.41, 5.74) is 2.83. The van der Waals surface area contributed by atoms with Gasteiger partial charge in [-0.25, -0.2) is 14.0 Å². The molecule has 2 fully saturated rings. The molecule has 0 spiro atoms. The number of piperidine rings is 1. The smallest absolute Gasteiger partial charge is 0.409 e. The Balaban J connectivity index is 0.000000758. The molecular weight excluding hydrogens is 430 g/mol. The van der Waals surface area contributed by atoms with E-state index in [4.69, 9.17) is 4.74 Å². The Morgan fingerprint density at radius 2 is 1.94 bits per heavy atom. The van der Waals surface area contributed by atoms with E-state index in [1.807, 2.05) is 29.7 Å². The van der Waals surface area contributed by atoms with Gasteiger partial charge in [-0.1, -0.05) is 13.0 Å². The molecule has 2 aromatic rings. The van der Waals surface area contributed by atoms with Crippen molar-refractivity contribution >= 4 is 17.1 Å². The zero-order chi connectivity index (χ0) is 24.0. The zero-order valence-corrected chi connectivity index (χ0v) is 19.9. The second-order valence-electron chi connectivity index (χ2n) is 9.20. The number of aromatic amines is 1. The van der Waals surface area contributed by atoms with Crippen LogP contribution in [0.2, 0.25) is 0 Å². The van der Waals surface area contributed by atoms with Gasteiger partial charge in [-0.2, -0.15) is 0 Å². The van der Waals surface area contributed by atoms with Crippen molar-refractivity contribution in [3.8, 4) is 0 Å². The predicted molar refractivity (Wildman–Crippen MR) is 127 cm³/mol. The number of halogens is 2. The van der Waals surface area contributed by atoms with Crippen molar-refractivity contribution < 1.29 is 19.7 Å². The van der Waals surface area contributed by atoms with Crippen molar-refractivity contribution in [2.24, 2.45) is 0 Å². The third-order valence-electron chi connectivity index (χ3n) is 6.67. The van der Waals surface area contributed by atoms with Crippen molar-refractivity contribution in [3.05, 3.63) is 34.2 Å². The number of aryl methyl sites for hydroxylation is 1. The van der Waals surface area contributed by atoms with Gasteiger partial charge in [0.1, 0.15) is 13.3 Å². The summed E-state index contributed by atoms with van der Waals surface area (Å²) >= 11 is 0. The lowest BCUT2D eigenvalue weighted by molar-refractivity contribution is 0.0621. The van der Waals surface area contributed by atoms with Crippen LogP contribution in [0.25, 0.3) is 11.0 Å². The Kier molecular flexibility index (Phi) is 8.51. The lowest BCUT2D eigenvalue weighted by Gasteiger charge is -2.43. The Hall–Kier alpha value is -2.42. The van der Waals surface area contributed by atoms with Gasteiger partial charge in [-0.05, 0) is 57.2 Å². The number of H-pyrrole nitrogens is 1. The van der Waals surface area contributed by atoms with Crippen LogP contribution in [0.15, 0.2) is 23.0 Å². The summed E-state index contributed by atoms with van der Waals surface area (Å²) in [4.78, 5) is 31.7.